The van der Waals surface area contributed by atoms with Gasteiger partial charge < -0.3 is 5.32 Å². The Morgan fingerprint density at radius 3 is 2.54 bits per heavy atom. The molecule has 1 aromatic heterocycles. The van der Waals surface area contributed by atoms with E-state index in [1.54, 1.807) is 0 Å². The van der Waals surface area contributed by atoms with Crippen LogP contribution in [0.25, 0.3) is 10.9 Å². The zero-order chi connectivity index (χ0) is 20.6. The molecule has 0 aliphatic rings. The third kappa shape index (κ3) is 3.80. The number of non-ortho nitro benzene ring substituents is 1. The van der Waals surface area contributed by atoms with Gasteiger partial charge >= 0.3 is 0 Å². The molecule has 11 heteroatoms. The number of nitrogens with zero attached hydrogens (tertiary/aromatic N) is 3. The van der Waals surface area contributed by atoms with Crippen LogP contribution in [0.2, 0.25) is 15.1 Å². The monoisotopic (exact) mass is 440 g/mol. The Labute approximate surface area is 172 Å². The van der Waals surface area contributed by atoms with E-state index in [0.29, 0.717) is 0 Å². The van der Waals surface area contributed by atoms with Crippen molar-refractivity contribution in [2.45, 2.75) is 13.0 Å². The van der Waals surface area contributed by atoms with Gasteiger partial charge in [0, 0.05) is 12.1 Å². The van der Waals surface area contributed by atoms with Crippen LogP contribution in [0.4, 0.5) is 11.4 Å². The van der Waals surface area contributed by atoms with Crippen molar-refractivity contribution >= 4 is 63.0 Å². The lowest BCUT2D eigenvalue weighted by Gasteiger charge is -2.16. The number of carbonyl (C=O) groups excluding carboxylic acids is 1. The van der Waals surface area contributed by atoms with Crippen molar-refractivity contribution in [1.29, 1.82) is 0 Å². The van der Waals surface area contributed by atoms with E-state index in [2.05, 4.69) is 10.3 Å². The highest BCUT2D eigenvalue weighted by atomic mass is 35.5. The first-order valence-corrected chi connectivity index (χ1v) is 8.93. The number of hydrogen-bond acceptors (Lipinski definition) is 5. The fourth-order valence-corrected chi connectivity index (χ4v) is 3.09. The normalized spacial score (nSPS) is 12.0. The number of anilines is 1. The highest BCUT2D eigenvalue weighted by molar-refractivity contribution is 6.44. The summed E-state index contributed by atoms with van der Waals surface area (Å²) in [7, 11) is 0. The lowest BCUT2D eigenvalue weighted by Crippen LogP contribution is -2.31. The summed E-state index contributed by atoms with van der Waals surface area (Å²) in [6, 6.07) is 5.55. The molecule has 1 N–H and O–H groups in total. The number of amides is 1. The van der Waals surface area contributed by atoms with Crippen LogP contribution in [-0.4, -0.2) is 20.4 Å². The predicted octanol–water partition coefficient (Wildman–Crippen LogP) is 4.46. The average Bonchev–Trinajstić information content (AvgIpc) is 2.65. The standard InChI is InChI=1S/C17H11Cl3N4O4/c1-8(16(25)22-15-6-12(19)11(18)5-13(15)20)23-7-21-14-3-2-9(24(27)28)4-10(14)17(23)26/h2-8H,1H3,(H,22,25)/t8-/m1/s1. The number of hydrogen-bond donors (Lipinski definition) is 1. The maximum absolute atomic E-state index is 12.7. The molecule has 1 heterocycles. The minimum Gasteiger partial charge on any atom is -0.323 e. The van der Waals surface area contributed by atoms with E-state index in [1.165, 1.54) is 37.5 Å². The molecule has 0 bridgehead atoms. The Morgan fingerprint density at radius 2 is 1.86 bits per heavy atom. The summed E-state index contributed by atoms with van der Waals surface area (Å²) >= 11 is 17.8. The molecule has 1 amide bonds. The van der Waals surface area contributed by atoms with Crippen LogP contribution in [0, 0.1) is 10.1 Å². The van der Waals surface area contributed by atoms with E-state index in [-0.39, 0.29) is 37.3 Å². The molecular formula is C17H11Cl3N4O4. The Morgan fingerprint density at radius 1 is 1.18 bits per heavy atom. The third-order valence-electron chi connectivity index (χ3n) is 4.04. The van der Waals surface area contributed by atoms with Crippen LogP contribution in [-0.2, 0) is 4.79 Å². The van der Waals surface area contributed by atoms with Gasteiger partial charge in [0.05, 0.1) is 42.9 Å². The molecule has 0 radical (unpaired) electrons. The summed E-state index contributed by atoms with van der Waals surface area (Å²) in [6.45, 7) is 1.48. The van der Waals surface area contributed by atoms with Crippen molar-refractivity contribution in [3.8, 4) is 0 Å². The second kappa shape index (κ2) is 7.75. The Kier molecular flexibility index (Phi) is 5.55. The summed E-state index contributed by atoms with van der Waals surface area (Å²) < 4.78 is 1.08. The number of aromatic nitrogens is 2. The van der Waals surface area contributed by atoms with E-state index in [9.17, 15) is 19.7 Å². The lowest BCUT2D eigenvalue weighted by molar-refractivity contribution is -0.384. The minimum absolute atomic E-state index is 0.0314. The molecule has 0 aliphatic heterocycles. The fraction of sp³-hybridized carbons (Fsp3) is 0.118. The number of nitro groups is 1. The fourth-order valence-electron chi connectivity index (χ4n) is 2.50. The van der Waals surface area contributed by atoms with Crippen LogP contribution in [0.1, 0.15) is 13.0 Å². The summed E-state index contributed by atoms with van der Waals surface area (Å²) in [5.74, 6) is -0.561. The van der Waals surface area contributed by atoms with E-state index < -0.39 is 22.4 Å². The van der Waals surface area contributed by atoms with Crippen molar-refractivity contribution in [2.24, 2.45) is 0 Å². The quantitative estimate of drug-likeness (QED) is 0.365. The smallest absolute Gasteiger partial charge is 0.270 e. The van der Waals surface area contributed by atoms with Gasteiger partial charge in [-0.3, -0.25) is 24.3 Å². The average molecular weight is 442 g/mol. The summed E-state index contributed by atoms with van der Waals surface area (Å²) in [6.07, 6.45) is 1.21. The Balaban J connectivity index is 1.96. The molecule has 8 nitrogen and oxygen atoms in total. The van der Waals surface area contributed by atoms with Gasteiger partial charge in [-0.25, -0.2) is 4.98 Å². The molecule has 0 saturated carbocycles. The van der Waals surface area contributed by atoms with E-state index in [0.717, 1.165) is 10.6 Å². The largest absolute Gasteiger partial charge is 0.323 e. The number of carbonyl (C=O) groups is 1. The van der Waals surface area contributed by atoms with Gasteiger partial charge in [-0.2, -0.15) is 0 Å². The summed E-state index contributed by atoms with van der Waals surface area (Å²) in [5.41, 5.74) is -0.322. The van der Waals surface area contributed by atoms with Crippen molar-refractivity contribution < 1.29 is 9.72 Å². The van der Waals surface area contributed by atoms with Gasteiger partial charge in [-0.15, -0.1) is 0 Å². The van der Waals surface area contributed by atoms with Gasteiger partial charge in [-0.05, 0) is 25.1 Å². The molecule has 0 saturated heterocycles. The van der Waals surface area contributed by atoms with Crippen LogP contribution in [0.3, 0.4) is 0 Å². The van der Waals surface area contributed by atoms with E-state index in [4.69, 9.17) is 34.8 Å². The van der Waals surface area contributed by atoms with Crippen LogP contribution < -0.4 is 10.9 Å². The number of nitrogens with one attached hydrogen (secondary N) is 1. The number of benzene rings is 2. The SMILES string of the molecule is C[C@H](C(=O)Nc1cc(Cl)c(Cl)cc1Cl)n1cnc2ccc([N+](=O)[O-])cc2c1=O. The van der Waals surface area contributed by atoms with Crippen molar-refractivity contribution in [2.75, 3.05) is 5.32 Å². The number of fused-ring (bicyclic) bond motifs is 1. The molecule has 3 rings (SSSR count). The molecular weight excluding hydrogens is 431 g/mol. The first kappa shape index (κ1) is 20.1. The Hall–Kier alpha value is -2.68. The predicted molar refractivity (Wildman–Crippen MR) is 107 cm³/mol. The molecule has 28 heavy (non-hydrogen) atoms. The molecule has 144 valence electrons. The zero-order valence-corrected chi connectivity index (χ0v) is 16.4. The molecule has 0 unspecified atom stereocenters. The number of nitro benzene ring substituents is 1. The van der Waals surface area contributed by atoms with Crippen LogP contribution >= 0.6 is 34.8 Å². The zero-order valence-electron chi connectivity index (χ0n) is 14.1. The summed E-state index contributed by atoms with van der Waals surface area (Å²) in [4.78, 5) is 39.7. The maximum Gasteiger partial charge on any atom is 0.270 e. The number of halogens is 3. The van der Waals surface area contributed by atoms with E-state index in [1.807, 2.05) is 0 Å². The second-order valence-corrected chi connectivity index (χ2v) is 7.05. The highest BCUT2D eigenvalue weighted by Crippen LogP contribution is 2.32. The van der Waals surface area contributed by atoms with Gasteiger partial charge in [-0.1, -0.05) is 34.8 Å². The minimum atomic E-state index is -0.978. The van der Waals surface area contributed by atoms with Crippen molar-refractivity contribution in [1.82, 2.24) is 9.55 Å². The van der Waals surface area contributed by atoms with Gasteiger partial charge in [0.25, 0.3) is 11.2 Å². The Bertz CT molecular complexity index is 1180. The topological polar surface area (TPSA) is 107 Å². The molecule has 0 fully saturated rings. The first-order chi connectivity index (χ1) is 13.2. The van der Waals surface area contributed by atoms with E-state index >= 15 is 0 Å². The molecule has 1 atom stereocenters. The van der Waals surface area contributed by atoms with Crippen LogP contribution in [0.15, 0.2) is 41.5 Å². The van der Waals surface area contributed by atoms with Gasteiger partial charge in [0.15, 0.2) is 0 Å². The second-order valence-electron chi connectivity index (χ2n) is 5.83. The third-order valence-corrected chi connectivity index (χ3v) is 5.08. The first-order valence-electron chi connectivity index (χ1n) is 7.79. The number of rotatable bonds is 4. The molecule has 3 aromatic rings. The maximum atomic E-state index is 12.7. The molecule has 2 aromatic carbocycles. The summed E-state index contributed by atoms with van der Waals surface area (Å²) in [5, 5.41) is 14.2. The van der Waals surface area contributed by atoms with Gasteiger partial charge in [0.2, 0.25) is 5.91 Å². The van der Waals surface area contributed by atoms with Gasteiger partial charge in [0.1, 0.15) is 6.04 Å². The van der Waals surface area contributed by atoms with Crippen molar-refractivity contribution in [3.63, 3.8) is 0 Å². The van der Waals surface area contributed by atoms with Crippen LogP contribution in [0.5, 0.6) is 0 Å². The molecule has 0 spiro atoms. The highest BCUT2D eigenvalue weighted by Gasteiger charge is 2.20. The molecule has 0 aliphatic carbocycles. The van der Waals surface area contributed by atoms with Crippen molar-refractivity contribution in [3.05, 3.63) is 72.2 Å². The lowest BCUT2D eigenvalue weighted by atomic mass is 10.2.